The van der Waals surface area contributed by atoms with Crippen LogP contribution in [0, 0.1) is 0 Å². The lowest BCUT2D eigenvalue weighted by Crippen LogP contribution is -2.35. The molecule has 10 heavy (non-hydrogen) atoms. The summed E-state index contributed by atoms with van der Waals surface area (Å²) >= 11 is 0. The average Bonchev–Trinajstić information content (AvgIpc) is 2.66. The number of carbonyl (C=O) groups is 1. The lowest BCUT2D eigenvalue weighted by atomic mass is 10.1. The summed E-state index contributed by atoms with van der Waals surface area (Å²) in [6.45, 7) is 1.90. The lowest BCUT2D eigenvalue weighted by molar-refractivity contribution is -0.131. The van der Waals surface area contributed by atoms with Gasteiger partial charge >= 0.3 is 0 Å². The zero-order chi connectivity index (χ0) is 7.78. The fourth-order valence-corrected chi connectivity index (χ4v) is 0.797. The van der Waals surface area contributed by atoms with Gasteiger partial charge in [0.15, 0.2) is 0 Å². The zero-order valence-electron chi connectivity index (χ0n) is 6.46. The molecule has 0 fully saturated rings. The largest absolute Gasteiger partial charge is 0.345 e. The number of rotatable bonds is 2. The molecule has 0 N–H and O–H groups in total. The Bertz CT molecular complexity index is 179. The third-order valence-corrected chi connectivity index (χ3v) is 1.58. The molecule has 56 valence electrons. The van der Waals surface area contributed by atoms with E-state index in [1.165, 1.54) is 4.90 Å². The van der Waals surface area contributed by atoms with Gasteiger partial charge in [-0.15, -0.1) is 10.2 Å². The first-order valence-electron chi connectivity index (χ1n) is 3.28. The predicted octanol–water partition coefficient (Wildman–Crippen LogP) is 0.647. The molecule has 1 rings (SSSR count). The van der Waals surface area contributed by atoms with Gasteiger partial charge in [-0.05, 0) is 0 Å². The molecule has 0 bridgehead atoms. The molecule has 0 saturated heterocycles. The number of likely N-dealkylation sites (N-methyl/N-ethyl adjacent to an activating group) is 1. The maximum atomic E-state index is 11.2. The van der Waals surface area contributed by atoms with Crippen LogP contribution in [0.3, 0.4) is 0 Å². The van der Waals surface area contributed by atoms with E-state index in [4.69, 9.17) is 0 Å². The Morgan fingerprint density at radius 2 is 2.00 bits per heavy atom. The van der Waals surface area contributed by atoms with Crippen molar-refractivity contribution in [3.05, 3.63) is 0 Å². The fraction of sp³-hybridized carbons (Fsp3) is 0.833. The van der Waals surface area contributed by atoms with Crippen molar-refractivity contribution < 1.29 is 4.79 Å². The van der Waals surface area contributed by atoms with Crippen LogP contribution < -0.4 is 0 Å². The van der Waals surface area contributed by atoms with Crippen LogP contribution in [0.1, 0.15) is 13.3 Å². The minimum absolute atomic E-state index is 0.0185. The third-order valence-electron chi connectivity index (χ3n) is 1.58. The fourth-order valence-electron chi connectivity index (χ4n) is 0.797. The van der Waals surface area contributed by atoms with E-state index >= 15 is 0 Å². The van der Waals surface area contributed by atoms with Crippen LogP contribution in [0.15, 0.2) is 10.2 Å². The van der Waals surface area contributed by atoms with E-state index in [1.807, 2.05) is 6.92 Å². The summed E-state index contributed by atoms with van der Waals surface area (Å²) in [5.41, 5.74) is -0.691. The topological polar surface area (TPSA) is 45.0 Å². The maximum absolute atomic E-state index is 11.2. The highest BCUT2D eigenvalue weighted by Crippen LogP contribution is 2.32. The Labute approximate surface area is 59.9 Å². The molecular formula is C6H11N3O. The summed E-state index contributed by atoms with van der Waals surface area (Å²) in [5.74, 6) is -0.0185. The SMILES string of the molecule is CCC1(C(=O)N(C)C)N=N1. The highest BCUT2D eigenvalue weighted by molar-refractivity contribution is 5.87. The van der Waals surface area contributed by atoms with E-state index in [1.54, 1.807) is 14.1 Å². The van der Waals surface area contributed by atoms with Crippen LogP contribution >= 0.6 is 0 Å². The van der Waals surface area contributed by atoms with Gasteiger partial charge < -0.3 is 4.90 Å². The summed E-state index contributed by atoms with van der Waals surface area (Å²) < 4.78 is 0. The molecule has 0 aliphatic carbocycles. The standard InChI is InChI=1S/C6H11N3O/c1-4-6(7-8-6)5(10)9(2)3/h4H2,1-3H3. The Morgan fingerprint density at radius 3 is 2.10 bits per heavy atom. The molecule has 0 atom stereocenters. The lowest BCUT2D eigenvalue weighted by Gasteiger charge is -2.13. The van der Waals surface area contributed by atoms with E-state index in [2.05, 4.69) is 10.2 Å². The van der Waals surface area contributed by atoms with Gasteiger partial charge in [0.2, 0.25) is 0 Å². The summed E-state index contributed by atoms with van der Waals surface area (Å²) in [6.07, 6.45) is 0.671. The van der Waals surface area contributed by atoms with Crippen molar-refractivity contribution in [2.75, 3.05) is 14.1 Å². The Hall–Kier alpha value is -0.930. The minimum atomic E-state index is -0.691. The highest BCUT2D eigenvalue weighted by Gasteiger charge is 2.47. The monoisotopic (exact) mass is 141 g/mol. The van der Waals surface area contributed by atoms with Crippen LogP contribution in [-0.2, 0) is 4.79 Å². The smallest absolute Gasteiger partial charge is 0.276 e. The first kappa shape index (κ1) is 7.18. The van der Waals surface area contributed by atoms with E-state index in [0.717, 1.165) is 0 Å². The van der Waals surface area contributed by atoms with E-state index in [0.29, 0.717) is 6.42 Å². The van der Waals surface area contributed by atoms with Crippen molar-refractivity contribution >= 4 is 5.91 Å². The summed E-state index contributed by atoms with van der Waals surface area (Å²) in [4.78, 5) is 12.7. The van der Waals surface area contributed by atoms with Gasteiger partial charge in [-0.2, -0.15) is 0 Å². The number of amides is 1. The van der Waals surface area contributed by atoms with Gasteiger partial charge in [0.05, 0.1) is 0 Å². The molecule has 0 aromatic carbocycles. The first-order chi connectivity index (χ1) is 4.62. The van der Waals surface area contributed by atoms with E-state index in [-0.39, 0.29) is 5.91 Å². The van der Waals surface area contributed by atoms with Crippen molar-refractivity contribution in [2.24, 2.45) is 10.2 Å². The van der Waals surface area contributed by atoms with Crippen LogP contribution in [-0.4, -0.2) is 30.6 Å². The number of nitrogens with zero attached hydrogens (tertiary/aromatic N) is 3. The Kier molecular flexibility index (Phi) is 1.46. The van der Waals surface area contributed by atoms with Crippen molar-refractivity contribution in [3.63, 3.8) is 0 Å². The molecule has 0 spiro atoms. The van der Waals surface area contributed by atoms with E-state index < -0.39 is 5.66 Å². The average molecular weight is 141 g/mol. The first-order valence-corrected chi connectivity index (χ1v) is 3.28. The van der Waals surface area contributed by atoms with Crippen LogP contribution in [0.2, 0.25) is 0 Å². The molecule has 1 aliphatic heterocycles. The molecule has 0 unspecified atom stereocenters. The number of carbonyl (C=O) groups excluding carboxylic acids is 1. The Morgan fingerprint density at radius 1 is 1.50 bits per heavy atom. The second-order valence-corrected chi connectivity index (χ2v) is 2.57. The third kappa shape index (κ3) is 0.894. The molecule has 0 radical (unpaired) electrons. The number of hydrogen-bond donors (Lipinski definition) is 0. The molecule has 1 aliphatic rings. The van der Waals surface area contributed by atoms with Crippen molar-refractivity contribution in [1.82, 2.24) is 4.90 Å². The highest BCUT2D eigenvalue weighted by atomic mass is 16.2. The molecule has 0 saturated carbocycles. The van der Waals surface area contributed by atoms with Crippen molar-refractivity contribution in [2.45, 2.75) is 19.0 Å². The van der Waals surface area contributed by atoms with Crippen LogP contribution in [0.4, 0.5) is 0 Å². The Balaban J connectivity index is 2.57. The van der Waals surface area contributed by atoms with Crippen molar-refractivity contribution in [3.8, 4) is 0 Å². The van der Waals surface area contributed by atoms with Gasteiger partial charge in [0.1, 0.15) is 0 Å². The normalized spacial score (nSPS) is 18.7. The second kappa shape index (κ2) is 2.04. The minimum Gasteiger partial charge on any atom is -0.345 e. The quantitative estimate of drug-likeness (QED) is 0.556. The van der Waals surface area contributed by atoms with Gasteiger partial charge in [0.25, 0.3) is 11.6 Å². The summed E-state index contributed by atoms with van der Waals surface area (Å²) in [7, 11) is 3.42. The van der Waals surface area contributed by atoms with Gasteiger partial charge in [0, 0.05) is 20.5 Å². The van der Waals surface area contributed by atoms with Crippen LogP contribution in [0.25, 0.3) is 0 Å². The van der Waals surface area contributed by atoms with Crippen LogP contribution in [0.5, 0.6) is 0 Å². The molecule has 4 nitrogen and oxygen atoms in total. The molecule has 4 heteroatoms. The van der Waals surface area contributed by atoms with Gasteiger partial charge in [-0.3, -0.25) is 4.79 Å². The molecule has 1 heterocycles. The van der Waals surface area contributed by atoms with Crippen molar-refractivity contribution in [1.29, 1.82) is 0 Å². The number of hydrogen-bond acceptors (Lipinski definition) is 3. The molecular weight excluding hydrogens is 130 g/mol. The maximum Gasteiger partial charge on any atom is 0.276 e. The molecule has 1 amide bonds. The second-order valence-electron chi connectivity index (χ2n) is 2.57. The summed E-state index contributed by atoms with van der Waals surface area (Å²) in [6, 6.07) is 0. The predicted molar refractivity (Wildman–Crippen MR) is 36.6 cm³/mol. The van der Waals surface area contributed by atoms with Gasteiger partial charge in [-0.1, -0.05) is 6.92 Å². The summed E-state index contributed by atoms with van der Waals surface area (Å²) in [5, 5.41) is 7.41. The zero-order valence-corrected chi connectivity index (χ0v) is 6.46. The van der Waals surface area contributed by atoms with E-state index in [9.17, 15) is 4.79 Å². The molecule has 0 aromatic rings. The molecule has 0 aromatic heterocycles. The van der Waals surface area contributed by atoms with Gasteiger partial charge in [-0.25, -0.2) is 0 Å².